The number of halogens is 1. The second-order valence-electron chi connectivity index (χ2n) is 6.67. The molecular weight excluding hydrogens is 434 g/mol. The van der Waals surface area contributed by atoms with E-state index < -0.39 is 5.92 Å². The molecule has 0 aliphatic carbocycles. The molecule has 3 aromatic rings. The minimum absolute atomic E-state index is 0.0757. The number of allylic oxidation sites excluding steroid dienone is 1. The zero-order valence-electron chi connectivity index (χ0n) is 16.1. The van der Waals surface area contributed by atoms with E-state index in [0.29, 0.717) is 32.8 Å². The zero-order chi connectivity index (χ0) is 20.7. The molecule has 1 aromatic heterocycles. The maximum atomic E-state index is 9.82. The van der Waals surface area contributed by atoms with Gasteiger partial charge in [-0.3, -0.25) is 0 Å². The quantitative estimate of drug-likeness (QED) is 0.628. The summed E-state index contributed by atoms with van der Waals surface area (Å²) in [4.78, 5) is 4.64. The molecule has 0 fully saturated rings. The molecule has 1 aliphatic heterocycles. The first-order valence-corrected chi connectivity index (χ1v) is 9.67. The van der Waals surface area contributed by atoms with E-state index in [-0.39, 0.29) is 5.88 Å². The second-order valence-corrected chi connectivity index (χ2v) is 7.53. The van der Waals surface area contributed by atoms with Crippen molar-refractivity contribution in [3.05, 3.63) is 69.1 Å². The van der Waals surface area contributed by atoms with Crippen molar-refractivity contribution in [2.75, 3.05) is 14.2 Å². The summed E-state index contributed by atoms with van der Waals surface area (Å²) in [6.45, 7) is 1.92. The van der Waals surface area contributed by atoms with Crippen molar-refractivity contribution in [2.24, 2.45) is 5.73 Å². The zero-order valence-corrected chi connectivity index (χ0v) is 17.7. The Labute approximate surface area is 176 Å². The van der Waals surface area contributed by atoms with Crippen molar-refractivity contribution in [1.29, 1.82) is 5.26 Å². The predicted molar refractivity (Wildman–Crippen MR) is 113 cm³/mol. The second kappa shape index (κ2) is 7.30. The topological polar surface area (TPSA) is 90.4 Å². The van der Waals surface area contributed by atoms with Crippen molar-refractivity contribution in [1.82, 2.24) is 4.98 Å². The molecule has 2 N–H and O–H groups in total. The molecule has 0 bridgehead atoms. The molecule has 1 unspecified atom stereocenters. The Morgan fingerprint density at radius 3 is 2.62 bits per heavy atom. The van der Waals surface area contributed by atoms with E-state index in [1.165, 1.54) is 0 Å². The lowest BCUT2D eigenvalue weighted by molar-refractivity contribution is 0.352. The Bertz CT molecular complexity index is 1210. The molecule has 0 spiro atoms. The van der Waals surface area contributed by atoms with Gasteiger partial charge in [0.1, 0.15) is 17.2 Å². The first-order chi connectivity index (χ1) is 14.0. The van der Waals surface area contributed by atoms with Crippen molar-refractivity contribution in [2.45, 2.75) is 12.8 Å². The van der Waals surface area contributed by atoms with Gasteiger partial charge < -0.3 is 19.9 Å². The molecule has 29 heavy (non-hydrogen) atoms. The fraction of sp³-hybridized carbons (Fsp3) is 0.182. The molecule has 0 amide bonds. The van der Waals surface area contributed by atoms with E-state index in [1.54, 1.807) is 14.2 Å². The first kappa shape index (κ1) is 19.1. The number of fused-ring (bicyclic) bond motifs is 3. The SMILES string of the molecule is COc1cc(C2C(C#N)=C(N)Oc3c2ccc2ccc(C)nc32)cc(Br)c1OC. The third kappa shape index (κ3) is 3.06. The molecule has 6 nitrogen and oxygen atoms in total. The highest BCUT2D eigenvalue weighted by atomic mass is 79.9. The molecule has 1 atom stereocenters. The number of pyridine rings is 1. The van der Waals surface area contributed by atoms with Crippen molar-refractivity contribution in [3.63, 3.8) is 0 Å². The summed E-state index contributed by atoms with van der Waals surface area (Å²) in [5.74, 6) is 1.35. The number of nitrogens with zero attached hydrogens (tertiary/aromatic N) is 2. The predicted octanol–water partition coefficient (Wildman–Crippen LogP) is 4.54. The standard InChI is InChI=1S/C22H18BrN3O3/c1-11-4-5-12-6-7-14-18(13-8-16(23)21(28-3)17(9-13)27-2)15(10-24)22(25)29-20(14)19(12)26-11/h4-9,18H,25H2,1-3H3. The van der Waals surface area contributed by atoms with Gasteiger partial charge in [-0.2, -0.15) is 5.26 Å². The summed E-state index contributed by atoms with van der Waals surface area (Å²) in [7, 11) is 3.15. The summed E-state index contributed by atoms with van der Waals surface area (Å²) in [5.41, 5.74) is 9.73. The molecular formula is C22H18BrN3O3. The number of hydrogen-bond donors (Lipinski definition) is 1. The highest BCUT2D eigenvalue weighted by molar-refractivity contribution is 9.10. The van der Waals surface area contributed by atoms with Crippen molar-refractivity contribution < 1.29 is 14.2 Å². The first-order valence-electron chi connectivity index (χ1n) is 8.87. The number of rotatable bonds is 3. The van der Waals surface area contributed by atoms with E-state index in [1.807, 2.05) is 43.3 Å². The lowest BCUT2D eigenvalue weighted by Crippen LogP contribution is -2.21. The summed E-state index contributed by atoms with van der Waals surface area (Å²) >= 11 is 3.53. The molecule has 7 heteroatoms. The van der Waals surface area contributed by atoms with Crippen LogP contribution in [0.2, 0.25) is 0 Å². The largest absolute Gasteiger partial charge is 0.493 e. The average molecular weight is 452 g/mol. The Kier molecular flexibility index (Phi) is 4.81. The van der Waals surface area contributed by atoms with E-state index in [2.05, 4.69) is 27.0 Å². The van der Waals surface area contributed by atoms with Crippen LogP contribution in [0.3, 0.4) is 0 Å². The number of hydrogen-bond acceptors (Lipinski definition) is 6. The fourth-order valence-corrected chi connectivity index (χ4v) is 4.27. The van der Waals surface area contributed by atoms with Crippen molar-refractivity contribution >= 4 is 26.8 Å². The van der Waals surface area contributed by atoms with Crippen LogP contribution < -0.4 is 19.9 Å². The van der Waals surface area contributed by atoms with Crippen LogP contribution in [0.1, 0.15) is 22.7 Å². The van der Waals surface area contributed by atoms with Gasteiger partial charge in [0.25, 0.3) is 0 Å². The van der Waals surface area contributed by atoms with Gasteiger partial charge in [-0.15, -0.1) is 0 Å². The maximum Gasteiger partial charge on any atom is 0.205 e. The lowest BCUT2D eigenvalue weighted by Gasteiger charge is -2.27. The Morgan fingerprint density at radius 2 is 1.93 bits per heavy atom. The normalized spacial score (nSPS) is 15.5. The van der Waals surface area contributed by atoms with Crippen LogP contribution >= 0.6 is 15.9 Å². The monoisotopic (exact) mass is 451 g/mol. The van der Waals surface area contributed by atoms with Gasteiger partial charge >= 0.3 is 0 Å². The van der Waals surface area contributed by atoms with Gasteiger partial charge in [-0.05, 0) is 46.6 Å². The molecule has 2 aromatic carbocycles. The minimum Gasteiger partial charge on any atom is -0.493 e. The highest BCUT2D eigenvalue weighted by Crippen LogP contribution is 2.47. The summed E-state index contributed by atoms with van der Waals surface area (Å²) < 4.78 is 17.5. The summed E-state index contributed by atoms with van der Waals surface area (Å²) in [6.07, 6.45) is 0. The molecule has 4 rings (SSSR count). The number of aromatic nitrogens is 1. The van der Waals surface area contributed by atoms with Gasteiger partial charge in [-0.25, -0.2) is 4.98 Å². The van der Waals surface area contributed by atoms with Crippen LogP contribution in [0.15, 0.2) is 52.3 Å². The van der Waals surface area contributed by atoms with Gasteiger partial charge in [0.05, 0.1) is 24.6 Å². The molecule has 0 saturated carbocycles. The number of methoxy groups -OCH3 is 2. The summed E-state index contributed by atoms with van der Waals surface area (Å²) in [5, 5.41) is 10.8. The van der Waals surface area contributed by atoms with Gasteiger partial charge in [0, 0.05) is 16.6 Å². The Hall–Kier alpha value is -3.24. The third-order valence-electron chi connectivity index (χ3n) is 4.97. The van der Waals surface area contributed by atoms with E-state index >= 15 is 0 Å². The third-order valence-corrected chi connectivity index (χ3v) is 5.56. The minimum atomic E-state index is -0.424. The van der Waals surface area contributed by atoms with E-state index in [0.717, 1.165) is 22.2 Å². The highest BCUT2D eigenvalue weighted by Gasteiger charge is 2.33. The number of benzene rings is 2. The van der Waals surface area contributed by atoms with E-state index in [4.69, 9.17) is 19.9 Å². The van der Waals surface area contributed by atoms with Crippen LogP contribution in [0.25, 0.3) is 10.9 Å². The molecule has 2 heterocycles. The average Bonchev–Trinajstić information content (AvgIpc) is 2.72. The fourth-order valence-electron chi connectivity index (χ4n) is 3.64. The number of ether oxygens (including phenoxy) is 3. The number of nitrogens with two attached hydrogens (primary N) is 1. The van der Waals surface area contributed by atoms with Crippen LogP contribution in [0.4, 0.5) is 0 Å². The Balaban J connectivity index is 2.01. The van der Waals surface area contributed by atoms with Crippen molar-refractivity contribution in [3.8, 4) is 23.3 Å². The maximum absolute atomic E-state index is 9.82. The molecule has 146 valence electrons. The smallest absolute Gasteiger partial charge is 0.205 e. The molecule has 1 aliphatic rings. The number of nitriles is 1. The van der Waals surface area contributed by atoms with Crippen LogP contribution in [0.5, 0.6) is 17.2 Å². The van der Waals surface area contributed by atoms with Gasteiger partial charge in [-0.1, -0.05) is 18.2 Å². The number of aryl methyl sites for hydroxylation is 1. The van der Waals surface area contributed by atoms with Gasteiger partial charge in [0.2, 0.25) is 5.88 Å². The van der Waals surface area contributed by atoms with E-state index in [9.17, 15) is 5.26 Å². The molecule has 0 saturated heterocycles. The molecule has 0 radical (unpaired) electrons. The van der Waals surface area contributed by atoms with Gasteiger partial charge in [0.15, 0.2) is 17.2 Å². The van der Waals surface area contributed by atoms with Crippen LogP contribution in [-0.2, 0) is 0 Å². The lowest BCUT2D eigenvalue weighted by atomic mass is 9.83. The van der Waals surface area contributed by atoms with Crippen LogP contribution in [-0.4, -0.2) is 19.2 Å². The summed E-state index contributed by atoms with van der Waals surface area (Å²) in [6, 6.07) is 13.8. The Morgan fingerprint density at radius 1 is 1.17 bits per heavy atom. The van der Waals surface area contributed by atoms with Crippen LogP contribution in [0, 0.1) is 18.3 Å².